The van der Waals surface area contributed by atoms with E-state index in [9.17, 15) is 28.8 Å². The van der Waals surface area contributed by atoms with Gasteiger partial charge in [-0.25, -0.2) is 0 Å². The maximum absolute atomic E-state index is 12.9. The van der Waals surface area contributed by atoms with Crippen LogP contribution in [-0.2, 0) is 28.8 Å². The van der Waals surface area contributed by atoms with Crippen molar-refractivity contribution in [3.05, 3.63) is 0 Å². The number of nitrogens with one attached hydrogen (secondary N) is 2. The minimum Gasteiger partial charge on any atom is -0.480 e. The number of carbonyl (C=O) groups excluding carboxylic acids is 5. The third-order valence-electron chi connectivity index (χ3n) is 4.30. The SMILES string of the molecule is NC(=O)CCC(NC(=O)C(N)CC(N)=O)C(=O)N1CCCC1C(=O)NCC(=O)O. The fourth-order valence-electron chi connectivity index (χ4n) is 2.92. The molecule has 0 aromatic carbocycles. The second-order valence-corrected chi connectivity index (χ2v) is 6.64. The van der Waals surface area contributed by atoms with Crippen molar-refractivity contribution in [3.8, 4) is 0 Å². The average Bonchev–Trinajstić information content (AvgIpc) is 3.11. The quantitative estimate of drug-likeness (QED) is 0.195. The lowest BCUT2D eigenvalue weighted by atomic mass is 10.1. The molecule has 1 fully saturated rings. The Bertz CT molecular complexity index is 683. The number of carbonyl (C=O) groups is 6. The highest BCUT2D eigenvalue weighted by Gasteiger charge is 2.38. The summed E-state index contributed by atoms with van der Waals surface area (Å²) in [7, 11) is 0. The predicted molar refractivity (Wildman–Crippen MR) is 97.5 cm³/mol. The Balaban J connectivity index is 2.89. The first-order valence-corrected chi connectivity index (χ1v) is 8.95. The van der Waals surface area contributed by atoms with Gasteiger partial charge < -0.3 is 37.8 Å². The van der Waals surface area contributed by atoms with Gasteiger partial charge in [-0.1, -0.05) is 0 Å². The Hall–Kier alpha value is -3.22. The Morgan fingerprint density at radius 3 is 2.31 bits per heavy atom. The predicted octanol–water partition coefficient (Wildman–Crippen LogP) is -3.87. The number of hydrogen-bond acceptors (Lipinski definition) is 7. The summed E-state index contributed by atoms with van der Waals surface area (Å²) in [6, 6.07) is -3.40. The molecule has 9 N–H and O–H groups in total. The number of carboxylic acid groups (broad SMARTS) is 1. The van der Waals surface area contributed by atoms with Crippen LogP contribution in [0.25, 0.3) is 0 Å². The van der Waals surface area contributed by atoms with E-state index in [1.807, 2.05) is 0 Å². The third-order valence-corrected chi connectivity index (χ3v) is 4.30. The molecule has 1 rings (SSSR count). The highest BCUT2D eigenvalue weighted by molar-refractivity contribution is 5.95. The molecule has 5 amide bonds. The normalized spacial score (nSPS) is 17.8. The number of carboxylic acids is 1. The van der Waals surface area contributed by atoms with Gasteiger partial charge in [-0.15, -0.1) is 0 Å². The van der Waals surface area contributed by atoms with E-state index < -0.39 is 66.6 Å². The van der Waals surface area contributed by atoms with Crippen LogP contribution >= 0.6 is 0 Å². The summed E-state index contributed by atoms with van der Waals surface area (Å²) in [6.45, 7) is -0.387. The molecular formula is C16H26N6O7. The summed E-state index contributed by atoms with van der Waals surface area (Å²) in [5.74, 6) is -4.83. The van der Waals surface area contributed by atoms with Gasteiger partial charge in [-0.3, -0.25) is 28.8 Å². The van der Waals surface area contributed by atoms with Crippen LogP contribution < -0.4 is 27.8 Å². The minimum absolute atomic E-state index is 0.136. The lowest BCUT2D eigenvalue weighted by Crippen LogP contribution is -2.56. The number of likely N-dealkylation sites (tertiary alicyclic amines) is 1. The van der Waals surface area contributed by atoms with E-state index in [4.69, 9.17) is 22.3 Å². The zero-order valence-corrected chi connectivity index (χ0v) is 15.8. The number of hydrogen-bond donors (Lipinski definition) is 6. The molecule has 13 heteroatoms. The molecule has 1 heterocycles. The summed E-state index contributed by atoms with van der Waals surface area (Å²) < 4.78 is 0. The van der Waals surface area contributed by atoms with Crippen LogP contribution in [0.15, 0.2) is 0 Å². The highest BCUT2D eigenvalue weighted by Crippen LogP contribution is 2.19. The Kier molecular flexibility index (Phi) is 8.99. The molecule has 162 valence electrons. The number of primary amides is 2. The maximum atomic E-state index is 12.9. The zero-order valence-electron chi connectivity index (χ0n) is 15.8. The Morgan fingerprint density at radius 1 is 1.10 bits per heavy atom. The second-order valence-electron chi connectivity index (χ2n) is 6.64. The van der Waals surface area contributed by atoms with Crippen LogP contribution in [0.3, 0.4) is 0 Å². The van der Waals surface area contributed by atoms with Gasteiger partial charge >= 0.3 is 5.97 Å². The molecule has 0 aliphatic carbocycles. The van der Waals surface area contributed by atoms with E-state index >= 15 is 0 Å². The van der Waals surface area contributed by atoms with Crippen molar-refractivity contribution in [1.29, 1.82) is 0 Å². The van der Waals surface area contributed by atoms with Crippen molar-refractivity contribution in [3.63, 3.8) is 0 Å². The Morgan fingerprint density at radius 2 is 1.76 bits per heavy atom. The topological polar surface area (TPSA) is 228 Å². The van der Waals surface area contributed by atoms with Crippen LogP contribution in [0.1, 0.15) is 32.1 Å². The van der Waals surface area contributed by atoms with Gasteiger partial charge in [0.2, 0.25) is 29.5 Å². The summed E-state index contributed by atoms with van der Waals surface area (Å²) in [5, 5.41) is 13.3. The molecule has 0 radical (unpaired) electrons. The van der Waals surface area contributed by atoms with Crippen molar-refractivity contribution >= 4 is 35.5 Å². The van der Waals surface area contributed by atoms with E-state index in [0.29, 0.717) is 12.8 Å². The molecule has 13 nitrogen and oxygen atoms in total. The summed E-state index contributed by atoms with van der Waals surface area (Å²) in [5.41, 5.74) is 15.7. The van der Waals surface area contributed by atoms with E-state index in [1.165, 1.54) is 4.90 Å². The molecule has 0 bridgehead atoms. The molecule has 0 spiro atoms. The van der Waals surface area contributed by atoms with Gasteiger partial charge in [0.1, 0.15) is 18.6 Å². The lowest BCUT2D eigenvalue weighted by Gasteiger charge is -2.29. The standard InChI is InChI=1S/C16H26N6O7/c17-8(6-12(19)24)14(27)21-9(3-4-11(18)23)16(29)22-5-1-2-10(22)15(28)20-7-13(25)26/h8-10H,1-7,17H2,(H2,18,23)(H2,19,24)(H,20,28)(H,21,27)(H,25,26). The van der Waals surface area contributed by atoms with Gasteiger partial charge in [-0.05, 0) is 19.3 Å². The Labute approximate surface area is 166 Å². The number of amides is 5. The summed E-state index contributed by atoms with van der Waals surface area (Å²) in [4.78, 5) is 71.2. The number of aliphatic carboxylic acids is 1. The van der Waals surface area contributed by atoms with Crippen molar-refractivity contribution in [2.24, 2.45) is 17.2 Å². The van der Waals surface area contributed by atoms with Crippen molar-refractivity contribution in [1.82, 2.24) is 15.5 Å². The number of nitrogens with two attached hydrogens (primary N) is 3. The van der Waals surface area contributed by atoms with Crippen LogP contribution in [-0.4, -0.2) is 76.7 Å². The van der Waals surface area contributed by atoms with Gasteiger partial charge in [0.05, 0.1) is 12.5 Å². The first kappa shape index (κ1) is 23.8. The molecule has 3 atom stereocenters. The third kappa shape index (κ3) is 7.73. The van der Waals surface area contributed by atoms with Crippen molar-refractivity contribution in [2.75, 3.05) is 13.1 Å². The molecule has 1 aliphatic heterocycles. The highest BCUT2D eigenvalue weighted by atomic mass is 16.4. The molecule has 29 heavy (non-hydrogen) atoms. The lowest BCUT2D eigenvalue weighted by molar-refractivity contribution is -0.143. The molecule has 0 aromatic heterocycles. The smallest absolute Gasteiger partial charge is 0.322 e. The van der Waals surface area contributed by atoms with Crippen LogP contribution in [0.5, 0.6) is 0 Å². The average molecular weight is 414 g/mol. The van der Waals surface area contributed by atoms with Gasteiger partial charge in [0, 0.05) is 13.0 Å². The van der Waals surface area contributed by atoms with Gasteiger partial charge in [0.15, 0.2) is 0 Å². The van der Waals surface area contributed by atoms with Crippen molar-refractivity contribution < 1.29 is 33.9 Å². The van der Waals surface area contributed by atoms with E-state index in [-0.39, 0.29) is 19.4 Å². The van der Waals surface area contributed by atoms with E-state index in [0.717, 1.165) is 0 Å². The second kappa shape index (κ2) is 10.9. The number of nitrogens with zero attached hydrogens (tertiary/aromatic N) is 1. The molecule has 1 aliphatic rings. The van der Waals surface area contributed by atoms with Gasteiger partial charge in [0.25, 0.3) is 0 Å². The van der Waals surface area contributed by atoms with E-state index in [1.54, 1.807) is 0 Å². The first-order chi connectivity index (χ1) is 13.5. The fraction of sp³-hybridized carbons (Fsp3) is 0.625. The molecule has 1 saturated heterocycles. The molecule has 0 aromatic rings. The summed E-state index contributed by atoms with van der Waals surface area (Å²) in [6.07, 6.45) is 0.0184. The van der Waals surface area contributed by atoms with Crippen LogP contribution in [0.4, 0.5) is 0 Å². The van der Waals surface area contributed by atoms with Gasteiger partial charge in [-0.2, -0.15) is 0 Å². The monoisotopic (exact) mass is 414 g/mol. The fourth-order valence-corrected chi connectivity index (χ4v) is 2.92. The summed E-state index contributed by atoms with van der Waals surface area (Å²) >= 11 is 0. The van der Waals surface area contributed by atoms with Crippen LogP contribution in [0, 0.1) is 0 Å². The molecular weight excluding hydrogens is 388 g/mol. The molecule has 3 unspecified atom stereocenters. The largest absolute Gasteiger partial charge is 0.480 e. The maximum Gasteiger partial charge on any atom is 0.322 e. The molecule has 0 saturated carbocycles. The van der Waals surface area contributed by atoms with Crippen LogP contribution in [0.2, 0.25) is 0 Å². The van der Waals surface area contributed by atoms with Crippen molar-refractivity contribution in [2.45, 2.75) is 50.2 Å². The van der Waals surface area contributed by atoms with E-state index in [2.05, 4.69) is 10.6 Å². The first-order valence-electron chi connectivity index (χ1n) is 8.95. The number of rotatable bonds is 11. The minimum atomic E-state index is -1.29. The zero-order chi connectivity index (χ0) is 22.1.